The van der Waals surface area contributed by atoms with Gasteiger partial charge in [0.25, 0.3) is 0 Å². The average molecular weight is 304 g/mol. The van der Waals surface area contributed by atoms with Crippen molar-refractivity contribution in [3.05, 3.63) is 30.0 Å². The van der Waals surface area contributed by atoms with Crippen LogP contribution in [-0.2, 0) is 4.79 Å². The molecule has 3 atom stereocenters. The van der Waals surface area contributed by atoms with Gasteiger partial charge in [-0.1, -0.05) is 19.1 Å². The van der Waals surface area contributed by atoms with Crippen LogP contribution in [0.25, 0.3) is 11.0 Å². The van der Waals surface area contributed by atoms with Gasteiger partial charge in [0.15, 0.2) is 11.3 Å². The van der Waals surface area contributed by atoms with Crippen molar-refractivity contribution >= 4 is 16.9 Å². The van der Waals surface area contributed by atoms with E-state index >= 15 is 0 Å². The number of furan rings is 1. The highest BCUT2D eigenvalue weighted by molar-refractivity contribution is 5.84. The van der Waals surface area contributed by atoms with Gasteiger partial charge in [-0.05, 0) is 32.9 Å². The molecule has 22 heavy (non-hydrogen) atoms. The molecule has 0 aliphatic rings. The van der Waals surface area contributed by atoms with Gasteiger partial charge >= 0.3 is 0 Å². The van der Waals surface area contributed by atoms with Crippen LogP contribution in [0, 0.1) is 5.92 Å². The minimum atomic E-state index is -0.245. The van der Waals surface area contributed by atoms with Crippen LogP contribution in [-0.4, -0.2) is 18.6 Å². The van der Waals surface area contributed by atoms with Crippen molar-refractivity contribution in [3.8, 4) is 5.75 Å². The molecule has 0 aliphatic carbocycles. The molecule has 3 unspecified atom stereocenters. The number of ether oxygens (including phenoxy) is 1. The SMILES string of the molecule is CCOc1cccc2cc(C(C)NC(=O)C(C)C(C)N)oc12. The van der Waals surface area contributed by atoms with E-state index in [2.05, 4.69) is 5.32 Å². The molecule has 0 spiro atoms. The van der Waals surface area contributed by atoms with E-state index < -0.39 is 0 Å². The van der Waals surface area contributed by atoms with Crippen LogP contribution in [0.1, 0.15) is 39.5 Å². The first kappa shape index (κ1) is 16.4. The van der Waals surface area contributed by atoms with Gasteiger partial charge in [-0.25, -0.2) is 0 Å². The molecule has 0 aliphatic heterocycles. The van der Waals surface area contributed by atoms with Crippen molar-refractivity contribution in [3.63, 3.8) is 0 Å². The van der Waals surface area contributed by atoms with Crippen molar-refractivity contribution in [2.24, 2.45) is 11.7 Å². The molecular formula is C17H24N2O3. The zero-order valence-corrected chi connectivity index (χ0v) is 13.6. The third-order valence-electron chi connectivity index (χ3n) is 3.81. The quantitative estimate of drug-likeness (QED) is 0.860. The Hall–Kier alpha value is -2.01. The first-order valence-corrected chi connectivity index (χ1v) is 7.65. The van der Waals surface area contributed by atoms with Crippen LogP contribution >= 0.6 is 0 Å². The molecule has 1 heterocycles. The molecule has 1 aromatic carbocycles. The maximum absolute atomic E-state index is 12.1. The Labute approximate surface area is 130 Å². The molecule has 5 heteroatoms. The normalized spacial score (nSPS) is 15.3. The summed E-state index contributed by atoms with van der Waals surface area (Å²) in [5, 5.41) is 3.90. The lowest BCUT2D eigenvalue weighted by Crippen LogP contribution is -2.39. The number of nitrogens with two attached hydrogens (primary N) is 1. The number of fused-ring (bicyclic) bond motifs is 1. The Morgan fingerprint density at radius 2 is 2.09 bits per heavy atom. The van der Waals surface area contributed by atoms with Crippen molar-refractivity contribution in [1.82, 2.24) is 5.32 Å². The summed E-state index contributed by atoms with van der Waals surface area (Å²) in [7, 11) is 0. The molecular weight excluding hydrogens is 280 g/mol. The van der Waals surface area contributed by atoms with Crippen LogP contribution < -0.4 is 15.8 Å². The van der Waals surface area contributed by atoms with E-state index in [9.17, 15) is 4.79 Å². The number of carbonyl (C=O) groups excluding carboxylic acids is 1. The smallest absolute Gasteiger partial charge is 0.224 e. The summed E-state index contributed by atoms with van der Waals surface area (Å²) in [6.45, 7) is 8.04. The van der Waals surface area contributed by atoms with Gasteiger partial charge in [0.1, 0.15) is 5.76 Å². The molecule has 5 nitrogen and oxygen atoms in total. The Kier molecular flexibility index (Phi) is 5.08. The third kappa shape index (κ3) is 3.42. The van der Waals surface area contributed by atoms with Crippen molar-refractivity contribution < 1.29 is 13.9 Å². The van der Waals surface area contributed by atoms with Gasteiger partial charge in [0.05, 0.1) is 12.6 Å². The maximum atomic E-state index is 12.1. The fourth-order valence-electron chi connectivity index (χ4n) is 2.19. The second kappa shape index (κ2) is 6.83. The molecule has 3 N–H and O–H groups in total. The topological polar surface area (TPSA) is 77.5 Å². The largest absolute Gasteiger partial charge is 0.490 e. The van der Waals surface area contributed by atoms with Gasteiger partial charge in [0.2, 0.25) is 5.91 Å². The van der Waals surface area contributed by atoms with E-state index in [1.165, 1.54) is 0 Å². The highest BCUT2D eigenvalue weighted by atomic mass is 16.5. The molecule has 120 valence electrons. The molecule has 1 aromatic heterocycles. The van der Waals surface area contributed by atoms with Crippen LogP contribution in [0.2, 0.25) is 0 Å². The Morgan fingerprint density at radius 3 is 2.73 bits per heavy atom. The minimum Gasteiger partial charge on any atom is -0.490 e. The first-order valence-electron chi connectivity index (χ1n) is 7.65. The molecule has 1 amide bonds. The molecule has 2 rings (SSSR count). The molecule has 0 fully saturated rings. The molecule has 2 aromatic rings. The van der Waals surface area contributed by atoms with Gasteiger partial charge in [-0.3, -0.25) is 4.79 Å². The first-order chi connectivity index (χ1) is 10.4. The lowest BCUT2D eigenvalue weighted by molar-refractivity contribution is -0.125. The van der Waals surface area contributed by atoms with E-state index in [-0.39, 0.29) is 23.9 Å². The highest BCUT2D eigenvalue weighted by Gasteiger charge is 2.21. The monoisotopic (exact) mass is 304 g/mol. The summed E-state index contributed by atoms with van der Waals surface area (Å²) in [6.07, 6.45) is 0. The second-order valence-electron chi connectivity index (χ2n) is 5.63. The maximum Gasteiger partial charge on any atom is 0.224 e. The average Bonchev–Trinajstić information content (AvgIpc) is 2.91. The summed E-state index contributed by atoms with van der Waals surface area (Å²) < 4.78 is 11.4. The van der Waals surface area contributed by atoms with Crippen molar-refractivity contribution in [2.75, 3.05) is 6.61 Å². The summed E-state index contributed by atoms with van der Waals surface area (Å²) >= 11 is 0. The van der Waals surface area contributed by atoms with Gasteiger partial charge in [0, 0.05) is 17.3 Å². The standard InChI is InChI=1S/C17H24N2O3/c1-5-21-14-8-6-7-13-9-15(22-16(13)14)12(4)19-17(20)10(2)11(3)18/h6-12H,5,18H2,1-4H3,(H,19,20). The summed E-state index contributed by atoms with van der Waals surface area (Å²) in [5.74, 6) is 1.10. The zero-order chi connectivity index (χ0) is 16.3. The van der Waals surface area contributed by atoms with Crippen LogP contribution in [0.15, 0.2) is 28.7 Å². The number of rotatable bonds is 6. The summed E-state index contributed by atoms with van der Waals surface area (Å²) in [5.41, 5.74) is 6.47. The fourth-order valence-corrected chi connectivity index (χ4v) is 2.19. The summed E-state index contributed by atoms with van der Waals surface area (Å²) in [6, 6.07) is 7.28. The lowest BCUT2D eigenvalue weighted by Gasteiger charge is -2.18. The van der Waals surface area contributed by atoms with E-state index in [0.717, 1.165) is 5.39 Å². The minimum absolute atomic E-state index is 0.0759. The number of hydrogen-bond acceptors (Lipinski definition) is 4. The summed E-state index contributed by atoms with van der Waals surface area (Å²) in [4.78, 5) is 12.1. The number of carbonyl (C=O) groups is 1. The van der Waals surface area contributed by atoms with E-state index in [1.807, 2.05) is 52.0 Å². The lowest BCUT2D eigenvalue weighted by atomic mass is 10.0. The van der Waals surface area contributed by atoms with E-state index in [0.29, 0.717) is 23.7 Å². The number of benzene rings is 1. The zero-order valence-electron chi connectivity index (χ0n) is 13.6. The molecule has 0 saturated carbocycles. The van der Waals surface area contributed by atoms with E-state index in [4.69, 9.17) is 14.9 Å². The van der Waals surface area contributed by atoms with Gasteiger partial charge in [-0.15, -0.1) is 0 Å². The van der Waals surface area contributed by atoms with Gasteiger partial charge in [-0.2, -0.15) is 0 Å². The Balaban J connectivity index is 2.20. The van der Waals surface area contributed by atoms with Crippen molar-refractivity contribution in [2.45, 2.75) is 39.8 Å². The molecule has 0 saturated heterocycles. The van der Waals surface area contributed by atoms with Crippen LogP contribution in [0.3, 0.4) is 0 Å². The Bertz CT molecular complexity index is 648. The Morgan fingerprint density at radius 1 is 1.36 bits per heavy atom. The van der Waals surface area contributed by atoms with Crippen molar-refractivity contribution in [1.29, 1.82) is 0 Å². The number of para-hydroxylation sites is 1. The van der Waals surface area contributed by atoms with Crippen LogP contribution in [0.5, 0.6) is 5.75 Å². The third-order valence-corrected chi connectivity index (χ3v) is 3.81. The predicted molar refractivity (Wildman–Crippen MR) is 86.8 cm³/mol. The van der Waals surface area contributed by atoms with Gasteiger partial charge < -0.3 is 20.2 Å². The molecule has 0 radical (unpaired) electrons. The number of amides is 1. The van der Waals surface area contributed by atoms with E-state index in [1.54, 1.807) is 0 Å². The highest BCUT2D eigenvalue weighted by Crippen LogP contribution is 2.31. The predicted octanol–water partition coefficient (Wildman–Crippen LogP) is 2.99. The number of nitrogens with one attached hydrogen (secondary N) is 1. The number of hydrogen-bond donors (Lipinski definition) is 2. The van der Waals surface area contributed by atoms with Crippen LogP contribution in [0.4, 0.5) is 0 Å². The fraction of sp³-hybridized carbons (Fsp3) is 0.471. The molecule has 0 bridgehead atoms. The second-order valence-corrected chi connectivity index (χ2v) is 5.63.